The van der Waals surface area contributed by atoms with E-state index in [9.17, 15) is 9.90 Å². The Hall–Kier alpha value is -1.39. The van der Waals surface area contributed by atoms with Crippen molar-refractivity contribution < 1.29 is 9.90 Å². The normalized spacial score (nSPS) is 22.1. The number of aliphatic hydroxyl groups is 1. The van der Waals surface area contributed by atoms with Gasteiger partial charge >= 0.3 is 0 Å². The van der Waals surface area contributed by atoms with Crippen LogP contribution in [0.3, 0.4) is 0 Å². The lowest BCUT2D eigenvalue weighted by atomic mass is 9.96. The van der Waals surface area contributed by atoms with Gasteiger partial charge in [-0.25, -0.2) is 0 Å². The lowest BCUT2D eigenvalue weighted by Gasteiger charge is -2.24. The van der Waals surface area contributed by atoms with Gasteiger partial charge in [-0.15, -0.1) is 0 Å². The van der Waals surface area contributed by atoms with Gasteiger partial charge in [-0.2, -0.15) is 0 Å². The topological polar surface area (TPSA) is 61.4 Å². The van der Waals surface area contributed by atoms with Crippen LogP contribution >= 0.6 is 0 Å². The maximum absolute atomic E-state index is 12.1. The SMILES string of the molecule is Cc1cc(C)cc(NC(=O)CN[C@H]2CCCCC[C@@H]2CO)c1. The first-order valence-electron chi connectivity index (χ1n) is 8.31. The zero-order valence-electron chi connectivity index (χ0n) is 13.7. The van der Waals surface area contributed by atoms with Crippen molar-refractivity contribution in [1.29, 1.82) is 0 Å². The van der Waals surface area contributed by atoms with Crippen LogP contribution in [-0.2, 0) is 4.79 Å². The Morgan fingerprint density at radius 3 is 2.50 bits per heavy atom. The Kier molecular flexibility index (Phi) is 6.40. The molecule has 3 N–H and O–H groups in total. The first-order valence-corrected chi connectivity index (χ1v) is 8.31. The summed E-state index contributed by atoms with van der Waals surface area (Å²) in [6.45, 7) is 4.56. The molecule has 0 aromatic heterocycles. The molecule has 0 spiro atoms. The predicted octanol–water partition coefficient (Wildman–Crippen LogP) is 2.77. The van der Waals surface area contributed by atoms with Crippen LogP contribution in [-0.4, -0.2) is 30.2 Å². The molecule has 0 bridgehead atoms. The van der Waals surface area contributed by atoms with Crippen molar-refractivity contribution in [2.45, 2.75) is 52.0 Å². The minimum atomic E-state index is -0.0223. The summed E-state index contributed by atoms with van der Waals surface area (Å²) in [7, 11) is 0. The molecule has 1 amide bonds. The quantitative estimate of drug-likeness (QED) is 0.733. The molecular weight excluding hydrogens is 276 g/mol. The van der Waals surface area contributed by atoms with Crippen LogP contribution in [0, 0.1) is 19.8 Å². The van der Waals surface area contributed by atoms with Crippen molar-refractivity contribution in [2.24, 2.45) is 5.92 Å². The van der Waals surface area contributed by atoms with Crippen molar-refractivity contribution in [2.75, 3.05) is 18.5 Å². The molecule has 1 saturated carbocycles. The fourth-order valence-corrected chi connectivity index (χ4v) is 3.35. The van der Waals surface area contributed by atoms with Crippen LogP contribution < -0.4 is 10.6 Å². The van der Waals surface area contributed by atoms with Gasteiger partial charge < -0.3 is 15.7 Å². The van der Waals surface area contributed by atoms with Crippen LogP contribution in [0.1, 0.15) is 43.2 Å². The molecular formula is C18H28N2O2. The highest BCUT2D eigenvalue weighted by Crippen LogP contribution is 2.23. The lowest BCUT2D eigenvalue weighted by molar-refractivity contribution is -0.115. The van der Waals surface area contributed by atoms with E-state index in [4.69, 9.17) is 0 Å². The average molecular weight is 304 g/mol. The number of anilines is 1. The molecule has 22 heavy (non-hydrogen) atoms. The maximum atomic E-state index is 12.1. The second-order valence-electron chi connectivity index (χ2n) is 6.49. The summed E-state index contributed by atoms with van der Waals surface area (Å²) < 4.78 is 0. The molecule has 0 heterocycles. The summed E-state index contributed by atoms with van der Waals surface area (Å²) in [5.74, 6) is 0.252. The van der Waals surface area contributed by atoms with E-state index in [-0.39, 0.29) is 24.5 Å². The number of aryl methyl sites for hydroxylation is 2. The first-order chi connectivity index (χ1) is 10.6. The van der Waals surface area contributed by atoms with Crippen LogP contribution in [0.5, 0.6) is 0 Å². The number of hydrogen-bond acceptors (Lipinski definition) is 3. The van der Waals surface area contributed by atoms with Crippen molar-refractivity contribution in [3.8, 4) is 0 Å². The Morgan fingerprint density at radius 2 is 1.82 bits per heavy atom. The van der Waals surface area contributed by atoms with Crippen molar-refractivity contribution in [1.82, 2.24) is 5.32 Å². The van der Waals surface area contributed by atoms with E-state index in [1.165, 1.54) is 19.3 Å². The predicted molar refractivity (Wildman–Crippen MR) is 90.0 cm³/mol. The third-order valence-corrected chi connectivity index (χ3v) is 4.42. The van der Waals surface area contributed by atoms with Gasteiger partial charge in [0.05, 0.1) is 6.54 Å². The zero-order valence-corrected chi connectivity index (χ0v) is 13.7. The highest BCUT2D eigenvalue weighted by atomic mass is 16.3. The molecule has 2 atom stereocenters. The summed E-state index contributed by atoms with van der Waals surface area (Å²) in [4.78, 5) is 12.1. The van der Waals surface area contributed by atoms with Gasteiger partial charge in [0.25, 0.3) is 0 Å². The van der Waals surface area contributed by atoms with E-state index in [0.717, 1.165) is 29.7 Å². The molecule has 0 radical (unpaired) electrons. The second kappa shape index (κ2) is 8.30. The lowest BCUT2D eigenvalue weighted by Crippen LogP contribution is -2.41. The number of aliphatic hydroxyl groups excluding tert-OH is 1. The second-order valence-corrected chi connectivity index (χ2v) is 6.49. The number of hydrogen-bond donors (Lipinski definition) is 3. The molecule has 2 rings (SSSR count). The number of rotatable bonds is 5. The number of benzene rings is 1. The molecule has 0 aliphatic heterocycles. The minimum Gasteiger partial charge on any atom is -0.396 e. The molecule has 1 aliphatic carbocycles. The standard InChI is InChI=1S/C18H28N2O2/c1-13-8-14(2)10-16(9-13)20-18(22)11-19-17-7-5-3-4-6-15(17)12-21/h8-10,15,17,19,21H,3-7,11-12H2,1-2H3,(H,20,22)/t15-,17+/m1/s1. The number of nitrogens with one attached hydrogen (secondary N) is 2. The van der Waals surface area contributed by atoms with Crippen LogP contribution in [0.4, 0.5) is 5.69 Å². The van der Waals surface area contributed by atoms with Crippen LogP contribution in [0.15, 0.2) is 18.2 Å². The Bertz CT molecular complexity index is 482. The van der Waals surface area contributed by atoms with E-state index in [2.05, 4.69) is 16.7 Å². The largest absolute Gasteiger partial charge is 0.396 e. The van der Waals surface area contributed by atoms with Gasteiger partial charge in [-0.1, -0.05) is 25.3 Å². The van der Waals surface area contributed by atoms with Crippen LogP contribution in [0.2, 0.25) is 0 Å². The van der Waals surface area contributed by atoms with E-state index >= 15 is 0 Å². The molecule has 1 aromatic rings. The van der Waals surface area contributed by atoms with Gasteiger partial charge in [0, 0.05) is 18.3 Å². The summed E-state index contributed by atoms with van der Waals surface area (Å²) in [5.41, 5.74) is 3.14. The number of carbonyl (C=O) groups is 1. The monoisotopic (exact) mass is 304 g/mol. The van der Waals surface area contributed by atoms with Gasteiger partial charge in [0.15, 0.2) is 0 Å². The van der Waals surface area contributed by atoms with Gasteiger partial charge in [0.2, 0.25) is 5.91 Å². The van der Waals surface area contributed by atoms with E-state index in [1.54, 1.807) is 0 Å². The molecule has 1 fully saturated rings. The zero-order chi connectivity index (χ0) is 15.9. The van der Waals surface area contributed by atoms with Crippen molar-refractivity contribution in [3.63, 3.8) is 0 Å². The van der Waals surface area contributed by atoms with Gasteiger partial charge in [-0.3, -0.25) is 4.79 Å². The molecule has 0 saturated heterocycles. The smallest absolute Gasteiger partial charge is 0.238 e. The fourth-order valence-electron chi connectivity index (χ4n) is 3.35. The highest BCUT2D eigenvalue weighted by Gasteiger charge is 2.23. The molecule has 0 unspecified atom stereocenters. The molecule has 4 heteroatoms. The fraction of sp³-hybridized carbons (Fsp3) is 0.611. The van der Waals surface area contributed by atoms with Crippen molar-refractivity contribution in [3.05, 3.63) is 29.3 Å². The summed E-state index contributed by atoms with van der Waals surface area (Å²) in [6.07, 6.45) is 5.67. The van der Waals surface area contributed by atoms with E-state index in [0.29, 0.717) is 6.54 Å². The Morgan fingerprint density at radius 1 is 1.14 bits per heavy atom. The van der Waals surface area contributed by atoms with Gasteiger partial charge in [-0.05, 0) is 55.9 Å². The number of amides is 1. The summed E-state index contributed by atoms with van der Waals surface area (Å²) in [5, 5.41) is 15.8. The Balaban J connectivity index is 1.86. The highest BCUT2D eigenvalue weighted by molar-refractivity contribution is 5.92. The molecule has 1 aromatic carbocycles. The number of carbonyl (C=O) groups excluding carboxylic acids is 1. The Labute approximate surface area is 133 Å². The first kappa shape index (κ1) is 17.0. The summed E-state index contributed by atoms with van der Waals surface area (Å²) >= 11 is 0. The molecule has 1 aliphatic rings. The van der Waals surface area contributed by atoms with Crippen LogP contribution in [0.25, 0.3) is 0 Å². The maximum Gasteiger partial charge on any atom is 0.238 e. The third-order valence-electron chi connectivity index (χ3n) is 4.42. The molecule has 122 valence electrons. The van der Waals surface area contributed by atoms with Gasteiger partial charge in [0.1, 0.15) is 0 Å². The summed E-state index contributed by atoms with van der Waals surface area (Å²) in [6, 6.07) is 6.29. The van der Waals surface area contributed by atoms with E-state index < -0.39 is 0 Å². The third kappa shape index (κ3) is 5.11. The van der Waals surface area contributed by atoms with E-state index in [1.807, 2.05) is 26.0 Å². The minimum absolute atomic E-state index is 0.0223. The van der Waals surface area contributed by atoms with Crippen molar-refractivity contribution >= 4 is 11.6 Å². The molecule has 4 nitrogen and oxygen atoms in total. The average Bonchev–Trinajstić information content (AvgIpc) is 2.68.